The molecule has 0 spiro atoms. The average molecular weight is 168 g/mol. The molecule has 66 valence electrons. The van der Waals surface area contributed by atoms with E-state index in [9.17, 15) is 4.79 Å². The van der Waals surface area contributed by atoms with Crippen LogP contribution in [0.15, 0.2) is 0 Å². The van der Waals surface area contributed by atoms with Gasteiger partial charge in [0, 0.05) is 13.1 Å². The summed E-state index contributed by atoms with van der Waals surface area (Å²) >= 11 is 0. The van der Waals surface area contributed by atoms with Crippen LogP contribution in [-0.2, 0) is 4.79 Å². The Morgan fingerprint density at radius 2 is 2.50 bits per heavy atom. The zero-order valence-corrected chi connectivity index (χ0v) is 7.08. The van der Waals surface area contributed by atoms with Crippen LogP contribution >= 0.6 is 0 Å². The predicted molar refractivity (Wildman–Crippen MR) is 42.4 cm³/mol. The SMILES string of the molecule is CC1(C(=O)O)CCN(CC#N)C1. The summed E-state index contributed by atoms with van der Waals surface area (Å²) < 4.78 is 0. The minimum atomic E-state index is -0.761. The number of hydrogen-bond acceptors (Lipinski definition) is 3. The average Bonchev–Trinajstić information content (AvgIpc) is 2.34. The van der Waals surface area contributed by atoms with E-state index in [1.165, 1.54) is 0 Å². The van der Waals surface area contributed by atoms with Gasteiger partial charge in [0.05, 0.1) is 18.0 Å². The maximum Gasteiger partial charge on any atom is 0.310 e. The summed E-state index contributed by atoms with van der Waals surface area (Å²) in [7, 11) is 0. The van der Waals surface area contributed by atoms with Crippen molar-refractivity contribution in [2.45, 2.75) is 13.3 Å². The molecule has 1 fully saturated rings. The fraction of sp³-hybridized carbons (Fsp3) is 0.750. The molecule has 0 amide bonds. The highest BCUT2D eigenvalue weighted by atomic mass is 16.4. The molecule has 1 aliphatic heterocycles. The summed E-state index contributed by atoms with van der Waals surface area (Å²) in [6.07, 6.45) is 0.643. The van der Waals surface area contributed by atoms with E-state index in [-0.39, 0.29) is 0 Å². The van der Waals surface area contributed by atoms with Crippen molar-refractivity contribution < 1.29 is 9.90 Å². The Labute approximate surface area is 71.4 Å². The highest BCUT2D eigenvalue weighted by molar-refractivity contribution is 5.74. The van der Waals surface area contributed by atoms with Crippen molar-refractivity contribution in [1.29, 1.82) is 5.26 Å². The molecule has 1 saturated heterocycles. The molecule has 0 radical (unpaired) electrons. The first-order valence-electron chi connectivity index (χ1n) is 3.91. The smallest absolute Gasteiger partial charge is 0.310 e. The Balaban J connectivity index is 2.56. The van der Waals surface area contributed by atoms with Crippen molar-refractivity contribution in [3.05, 3.63) is 0 Å². The third-order valence-corrected chi connectivity index (χ3v) is 2.36. The molecule has 1 aliphatic rings. The number of carbonyl (C=O) groups is 1. The molecule has 12 heavy (non-hydrogen) atoms. The zero-order chi connectivity index (χ0) is 9.19. The molecular formula is C8H12N2O2. The second-order valence-electron chi connectivity index (χ2n) is 3.48. The number of nitriles is 1. The third kappa shape index (κ3) is 1.56. The van der Waals surface area contributed by atoms with Gasteiger partial charge in [0.25, 0.3) is 0 Å². The first kappa shape index (κ1) is 9.01. The lowest BCUT2D eigenvalue weighted by molar-refractivity contribution is -0.147. The molecular weight excluding hydrogens is 156 g/mol. The van der Waals surface area contributed by atoms with Gasteiger partial charge < -0.3 is 5.11 Å². The monoisotopic (exact) mass is 168 g/mol. The van der Waals surface area contributed by atoms with Crippen LogP contribution in [0, 0.1) is 16.7 Å². The van der Waals surface area contributed by atoms with Gasteiger partial charge in [-0.15, -0.1) is 0 Å². The fourth-order valence-electron chi connectivity index (χ4n) is 1.47. The summed E-state index contributed by atoms with van der Waals surface area (Å²) in [5.74, 6) is -0.761. The number of carboxylic acid groups (broad SMARTS) is 1. The van der Waals surface area contributed by atoms with E-state index >= 15 is 0 Å². The van der Waals surface area contributed by atoms with Gasteiger partial charge in [-0.05, 0) is 13.3 Å². The fourth-order valence-corrected chi connectivity index (χ4v) is 1.47. The van der Waals surface area contributed by atoms with Gasteiger partial charge >= 0.3 is 5.97 Å². The number of aliphatic carboxylic acids is 1. The lowest BCUT2D eigenvalue weighted by atomic mass is 9.90. The number of likely N-dealkylation sites (tertiary alicyclic amines) is 1. The molecule has 1 atom stereocenters. The molecule has 0 aromatic heterocycles. The van der Waals surface area contributed by atoms with Crippen molar-refractivity contribution >= 4 is 5.97 Å². The van der Waals surface area contributed by atoms with Crippen molar-refractivity contribution in [2.75, 3.05) is 19.6 Å². The molecule has 0 aromatic carbocycles. The van der Waals surface area contributed by atoms with Crippen molar-refractivity contribution in [2.24, 2.45) is 5.41 Å². The molecule has 4 nitrogen and oxygen atoms in total. The van der Waals surface area contributed by atoms with Crippen LogP contribution in [0.1, 0.15) is 13.3 Å². The van der Waals surface area contributed by atoms with E-state index in [0.717, 1.165) is 6.54 Å². The molecule has 0 aromatic rings. The Morgan fingerprint density at radius 3 is 2.92 bits per heavy atom. The van der Waals surface area contributed by atoms with E-state index in [1.807, 2.05) is 11.0 Å². The third-order valence-electron chi connectivity index (χ3n) is 2.36. The van der Waals surface area contributed by atoms with E-state index in [0.29, 0.717) is 19.5 Å². The summed E-state index contributed by atoms with van der Waals surface area (Å²) in [5, 5.41) is 17.2. The van der Waals surface area contributed by atoms with Gasteiger partial charge in [0.1, 0.15) is 0 Å². The minimum absolute atomic E-state index is 0.336. The predicted octanol–water partition coefficient (Wildman–Crippen LogP) is 0.307. The second kappa shape index (κ2) is 3.11. The molecule has 0 bridgehead atoms. The quantitative estimate of drug-likeness (QED) is 0.602. The molecule has 1 unspecified atom stereocenters. The van der Waals surface area contributed by atoms with Gasteiger partial charge in [-0.3, -0.25) is 9.69 Å². The maximum atomic E-state index is 10.8. The van der Waals surface area contributed by atoms with Gasteiger partial charge in [-0.25, -0.2) is 0 Å². The zero-order valence-electron chi connectivity index (χ0n) is 7.08. The number of nitrogens with zero attached hydrogens (tertiary/aromatic N) is 2. The van der Waals surface area contributed by atoms with Crippen LogP contribution in [0.5, 0.6) is 0 Å². The highest BCUT2D eigenvalue weighted by Crippen LogP contribution is 2.29. The summed E-state index contributed by atoms with van der Waals surface area (Å²) in [6.45, 7) is 3.28. The molecule has 1 heterocycles. The van der Waals surface area contributed by atoms with Gasteiger partial charge in [0.15, 0.2) is 0 Å². The molecule has 4 heteroatoms. The van der Waals surface area contributed by atoms with E-state index in [4.69, 9.17) is 10.4 Å². The summed E-state index contributed by atoms with van der Waals surface area (Å²) in [5.41, 5.74) is -0.642. The van der Waals surface area contributed by atoms with Crippen molar-refractivity contribution in [1.82, 2.24) is 4.90 Å². The van der Waals surface area contributed by atoms with Crippen LogP contribution < -0.4 is 0 Å². The van der Waals surface area contributed by atoms with Crippen LogP contribution in [-0.4, -0.2) is 35.6 Å². The first-order valence-corrected chi connectivity index (χ1v) is 3.91. The number of hydrogen-bond donors (Lipinski definition) is 1. The second-order valence-corrected chi connectivity index (χ2v) is 3.48. The Bertz CT molecular complexity index is 234. The lowest BCUT2D eigenvalue weighted by Crippen LogP contribution is -2.31. The molecule has 1 rings (SSSR count). The Hall–Kier alpha value is -1.08. The Morgan fingerprint density at radius 1 is 1.83 bits per heavy atom. The largest absolute Gasteiger partial charge is 0.481 e. The maximum absolute atomic E-state index is 10.8. The van der Waals surface area contributed by atoms with E-state index in [1.54, 1.807) is 6.92 Å². The molecule has 1 N–H and O–H groups in total. The topological polar surface area (TPSA) is 64.3 Å². The number of rotatable bonds is 2. The minimum Gasteiger partial charge on any atom is -0.481 e. The normalized spacial score (nSPS) is 30.0. The van der Waals surface area contributed by atoms with Gasteiger partial charge in [0.2, 0.25) is 0 Å². The van der Waals surface area contributed by atoms with Crippen molar-refractivity contribution in [3.8, 4) is 6.07 Å². The standard InChI is InChI=1S/C8H12N2O2/c1-8(7(11)12)2-4-10(6-8)5-3-9/h2,4-6H2,1H3,(H,11,12). The summed E-state index contributed by atoms with van der Waals surface area (Å²) in [4.78, 5) is 12.6. The highest BCUT2D eigenvalue weighted by Gasteiger charge is 2.39. The van der Waals surface area contributed by atoms with Gasteiger partial charge in [-0.1, -0.05) is 0 Å². The van der Waals surface area contributed by atoms with Crippen LogP contribution in [0.4, 0.5) is 0 Å². The summed E-state index contributed by atoms with van der Waals surface area (Å²) in [6, 6.07) is 2.02. The first-order chi connectivity index (χ1) is 5.58. The van der Waals surface area contributed by atoms with Crippen molar-refractivity contribution in [3.63, 3.8) is 0 Å². The van der Waals surface area contributed by atoms with Crippen LogP contribution in [0.2, 0.25) is 0 Å². The lowest BCUT2D eigenvalue weighted by Gasteiger charge is -2.17. The molecule has 0 saturated carbocycles. The Kier molecular flexibility index (Phi) is 2.34. The molecule has 0 aliphatic carbocycles. The van der Waals surface area contributed by atoms with Crippen LogP contribution in [0.3, 0.4) is 0 Å². The van der Waals surface area contributed by atoms with E-state index in [2.05, 4.69) is 0 Å². The van der Waals surface area contributed by atoms with Gasteiger partial charge in [-0.2, -0.15) is 5.26 Å². The number of carboxylic acids is 1. The van der Waals surface area contributed by atoms with Crippen LogP contribution in [0.25, 0.3) is 0 Å². The van der Waals surface area contributed by atoms with E-state index < -0.39 is 11.4 Å².